The van der Waals surface area contributed by atoms with Crippen LogP contribution in [0.15, 0.2) is 36.4 Å². The molecule has 4 aromatic rings. The van der Waals surface area contributed by atoms with Gasteiger partial charge in [-0.25, -0.2) is 41.9 Å². The Kier molecular flexibility index (Phi) is 20.2. The smallest absolute Gasteiger partial charge is 0.326 e. The molecule has 2 aromatic carbocycles. The van der Waals surface area contributed by atoms with Gasteiger partial charge in [-0.1, -0.05) is 67.2 Å². The number of rotatable bonds is 10. The molecular formula is C75H97F2N7O16S. The number of nitrogens with one attached hydrogen (secondary N) is 1. The van der Waals surface area contributed by atoms with E-state index in [1.807, 2.05) is 64.5 Å². The fourth-order valence-electron chi connectivity index (χ4n) is 17.4. The molecular weight excluding hydrogens is 1320 g/mol. The predicted octanol–water partition coefficient (Wildman–Crippen LogP) is 10.4. The number of carbonyl (C=O) groups is 7. The zero-order valence-corrected chi connectivity index (χ0v) is 60.0. The number of fused-ring (bicyclic) bond motifs is 14. The summed E-state index contributed by atoms with van der Waals surface area (Å²) in [7, 11) is -0.942. The molecule has 4 aliphatic heterocycles. The summed E-state index contributed by atoms with van der Waals surface area (Å²) < 4.78 is 92.0. The first-order chi connectivity index (χ1) is 48.0. The molecule has 0 spiro atoms. The van der Waals surface area contributed by atoms with Crippen molar-refractivity contribution < 1.29 is 84.3 Å². The number of alkyl halides is 2. The number of halogens is 2. The Morgan fingerprint density at radius 2 is 1.08 bits per heavy atom. The Morgan fingerprint density at radius 3 is 1.50 bits per heavy atom. The Bertz CT molecular complexity index is 3990. The summed E-state index contributed by atoms with van der Waals surface area (Å²) in [6, 6.07) is 8.62. The maximum Gasteiger partial charge on any atom is 0.326 e. The van der Waals surface area contributed by atoms with Gasteiger partial charge in [-0.05, 0) is 154 Å². The van der Waals surface area contributed by atoms with Gasteiger partial charge in [0.15, 0.2) is 5.78 Å². The van der Waals surface area contributed by atoms with Crippen LogP contribution in [0.25, 0.3) is 22.1 Å². The fraction of sp³-hybridized carbons (Fsp3) is 0.693. The number of aliphatic carboxylic acids is 1. The van der Waals surface area contributed by atoms with Crippen LogP contribution in [0.1, 0.15) is 181 Å². The summed E-state index contributed by atoms with van der Waals surface area (Å²) >= 11 is 0. The summed E-state index contributed by atoms with van der Waals surface area (Å²) in [5, 5.41) is 9.35. The van der Waals surface area contributed by atoms with Crippen LogP contribution in [-0.2, 0) is 65.9 Å². The third-order valence-corrected chi connectivity index (χ3v) is 25.5. The Hall–Kier alpha value is -7.38. The van der Waals surface area contributed by atoms with Gasteiger partial charge in [0.25, 0.3) is 0 Å². The molecule has 0 radical (unpaired) electrons. The van der Waals surface area contributed by atoms with Crippen LogP contribution in [-0.4, -0.2) is 160 Å². The van der Waals surface area contributed by atoms with Gasteiger partial charge in [0.2, 0.25) is 45.9 Å². The number of nitrogens with zero attached hydrogens (tertiary/aromatic N) is 6. The van der Waals surface area contributed by atoms with E-state index in [2.05, 4.69) is 0 Å². The third kappa shape index (κ3) is 15.6. The van der Waals surface area contributed by atoms with E-state index < -0.39 is 116 Å². The van der Waals surface area contributed by atoms with Crippen LogP contribution < -0.4 is 23.7 Å². The maximum absolute atomic E-state index is 14.8. The number of carbonyl (C=O) groups excluding carboxylic acids is 6. The van der Waals surface area contributed by atoms with Crippen LogP contribution in [0.2, 0.25) is 0 Å². The number of Topliss-reactive ketones (excluding diaryl/α,β-unsaturated/α-hetero) is 1. The van der Waals surface area contributed by atoms with Gasteiger partial charge in [0, 0.05) is 37.3 Å². The first-order valence-corrected chi connectivity index (χ1v) is 38.2. The first kappa shape index (κ1) is 72.0. The molecule has 6 heterocycles. The highest BCUT2D eigenvalue weighted by Crippen LogP contribution is 2.61. The molecule has 10 aliphatic rings. The molecule has 2 saturated heterocycles. The molecule has 23 nitrogen and oxygen atoms in total. The molecule has 2 aromatic heterocycles. The highest BCUT2D eigenvalue weighted by atomic mass is 32.2. The number of methoxy groups -OCH3 is 2. The normalized spacial score (nSPS) is 32.4. The van der Waals surface area contributed by atoms with Crippen molar-refractivity contribution in [1.29, 1.82) is 0 Å². The molecule has 548 valence electrons. The van der Waals surface area contributed by atoms with Gasteiger partial charge < -0.3 is 43.3 Å². The second-order valence-electron chi connectivity index (χ2n) is 32.7. The highest BCUT2D eigenvalue weighted by Gasteiger charge is 2.66. The van der Waals surface area contributed by atoms with Gasteiger partial charge in [0.05, 0.1) is 90.8 Å². The number of ether oxygens (including phenoxy) is 6. The largest absolute Gasteiger partial charge is 0.497 e. The van der Waals surface area contributed by atoms with Gasteiger partial charge >= 0.3 is 17.9 Å². The van der Waals surface area contributed by atoms with Crippen molar-refractivity contribution in [3.63, 3.8) is 0 Å². The van der Waals surface area contributed by atoms with Crippen LogP contribution in [0.4, 0.5) is 8.78 Å². The standard InChI is InChI=1S/C42H54F2N4O9S.C33H43N3O7/c1-41(2,3)28-18-36(50)57-35-15-22-14-27(22)26(35)8-6-5-7-9-31-38(46-32-16-23(55-4)10-13-30(32)45-31)56-24-17-33(48(21-24)39(28)51)34(49)20-42(19-29(42)37(43)44)40(52)47-58(53,54)25-11-12-25;1-33(2,3)23-16-29(37)43-28-13-18-12-22(18)21(28)8-6-5-7-9-25-30(35-26-14-19(41-4)10-11-24(26)34-25)42-20-15-27(32(39)40)36(17-20)31(23)38/h10,13,16,22,24-29,33,35,37H,5-9,11-12,14-15,17-21H2,1-4H3,(H,47,52);10-11,14,18,20-23,27-28H,5-9,12-13,15-17H2,1-4H3,(H,39,40)/t22-,24+,26+,27-,28+,29-,33-,35+,42+;18-,20+,21+,22-,23+,27-,28+/m00/s1. The Morgan fingerprint density at radius 1 is 0.614 bits per heavy atom. The van der Waals surface area contributed by atoms with Gasteiger partial charge in [-0.3, -0.25) is 33.5 Å². The number of aryl methyl sites for hydroxylation is 2. The summed E-state index contributed by atoms with van der Waals surface area (Å²) in [6.45, 7) is 11.2. The van der Waals surface area contributed by atoms with Crippen LogP contribution in [0.3, 0.4) is 0 Å². The Labute approximate surface area is 588 Å². The van der Waals surface area contributed by atoms with Crippen molar-refractivity contribution in [3.05, 3.63) is 47.8 Å². The third-order valence-electron chi connectivity index (χ3n) is 23.7. The molecule has 6 aliphatic carbocycles. The molecule has 6 saturated carbocycles. The van der Waals surface area contributed by atoms with E-state index in [1.54, 1.807) is 32.4 Å². The van der Waals surface area contributed by atoms with Crippen molar-refractivity contribution in [2.45, 2.75) is 231 Å². The minimum Gasteiger partial charge on any atom is -0.497 e. The number of hydrogen-bond acceptors (Lipinski definition) is 19. The highest BCUT2D eigenvalue weighted by molar-refractivity contribution is 7.91. The minimum absolute atomic E-state index is 0.0485. The second kappa shape index (κ2) is 28.3. The van der Waals surface area contributed by atoms with E-state index in [4.69, 9.17) is 48.4 Å². The lowest BCUT2D eigenvalue weighted by Crippen LogP contribution is -2.49. The molecule has 101 heavy (non-hydrogen) atoms. The second-order valence-corrected chi connectivity index (χ2v) is 34.7. The van der Waals surface area contributed by atoms with E-state index in [1.165, 1.54) is 16.2 Å². The number of hydrogen-bond donors (Lipinski definition) is 2. The molecule has 3 amide bonds. The number of amides is 3. The van der Waals surface area contributed by atoms with Gasteiger partial charge in [-0.2, -0.15) is 0 Å². The predicted molar refractivity (Wildman–Crippen MR) is 364 cm³/mol. The lowest BCUT2D eigenvalue weighted by Gasteiger charge is -2.35. The molecule has 16 atom stereocenters. The lowest BCUT2D eigenvalue weighted by molar-refractivity contribution is -0.159. The van der Waals surface area contributed by atoms with Crippen molar-refractivity contribution in [2.24, 2.45) is 69.5 Å². The zero-order valence-electron chi connectivity index (χ0n) is 59.2. The number of benzene rings is 2. The van der Waals surface area contributed by atoms with E-state index in [9.17, 15) is 55.9 Å². The summed E-state index contributed by atoms with van der Waals surface area (Å²) in [6.07, 6.45) is 7.64. The average molecular weight is 1420 g/mol. The molecule has 0 unspecified atom stereocenters. The van der Waals surface area contributed by atoms with Crippen molar-refractivity contribution >= 4 is 73.5 Å². The Balaban J connectivity index is 0.000000189. The van der Waals surface area contributed by atoms with Gasteiger partial charge in [0.1, 0.15) is 53.3 Å². The molecule has 4 bridgehead atoms. The fourth-order valence-corrected chi connectivity index (χ4v) is 18.8. The van der Waals surface area contributed by atoms with Gasteiger partial charge in [-0.15, -0.1) is 0 Å². The topological polar surface area (TPSA) is 299 Å². The van der Waals surface area contributed by atoms with Crippen LogP contribution >= 0.6 is 0 Å². The zero-order chi connectivity index (χ0) is 71.8. The van der Waals surface area contributed by atoms with Crippen molar-refractivity contribution in [2.75, 3.05) is 27.3 Å². The number of aromatic nitrogens is 4. The molecule has 26 heteroatoms. The summed E-state index contributed by atoms with van der Waals surface area (Å²) in [5.41, 5.74) is 0.608. The SMILES string of the molecule is COc1ccc2nc3c(nc2c1)O[C@@H]1C[C@@H](C(=O)C[C@]2(C(=O)NS(=O)(=O)C4CC4)C[C@H]2C(F)F)N(C1)C(=O)[C@H](C(C)(C)C)CC(=O)O[C@@H]1C[C@@H]2C[C@@H]2[C@H]1CCCCC3.COc1ccc2nc3c(nc2c1)O[C@@H]1C[C@@H](C(=O)O)N(C1)C(=O)[C@H](C(C)(C)C)CC(=O)O[C@@H]1C[C@@H]2C[C@@H]2[C@H]1CCCCC3. The van der Waals surface area contributed by atoms with E-state index >= 15 is 0 Å². The van der Waals surface area contributed by atoms with E-state index in [0.29, 0.717) is 94.9 Å². The number of carboxylic acid groups (broad SMARTS) is 1. The quantitative estimate of drug-likeness (QED) is 0.139. The summed E-state index contributed by atoms with van der Waals surface area (Å²) in [5.74, 6) is -2.91. The molecule has 2 N–H and O–H groups in total. The van der Waals surface area contributed by atoms with Crippen molar-refractivity contribution in [3.8, 4) is 23.3 Å². The maximum atomic E-state index is 14.8. The summed E-state index contributed by atoms with van der Waals surface area (Å²) in [4.78, 5) is 119. The monoisotopic (exact) mass is 1420 g/mol. The van der Waals surface area contributed by atoms with Crippen molar-refractivity contribution in [1.82, 2.24) is 34.5 Å². The first-order valence-electron chi connectivity index (χ1n) is 36.6. The number of esters is 2. The number of sulfonamides is 1. The lowest BCUT2D eigenvalue weighted by atomic mass is 9.77. The number of carboxylic acids is 1. The molecule has 8 fully saturated rings. The molecule has 14 rings (SSSR count). The number of ketones is 1. The van der Waals surface area contributed by atoms with Crippen LogP contribution in [0, 0.1) is 69.5 Å². The average Bonchev–Trinajstić information content (AvgIpc) is 1.57. The minimum atomic E-state index is -4.09. The van der Waals surface area contributed by atoms with E-state index in [-0.39, 0.29) is 81.1 Å². The van der Waals surface area contributed by atoms with Crippen LogP contribution in [0.5, 0.6) is 23.3 Å². The van der Waals surface area contributed by atoms with E-state index in [0.717, 1.165) is 81.8 Å².